The average Bonchev–Trinajstić information content (AvgIpc) is 3.26. The van der Waals surface area contributed by atoms with Crippen molar-refractivity contribution in [2.45, 2.75) is 31.8 Å². The molecule has 2 amide bonds. The minimum absolute atomic E-state index is 0.101. The summed E-state index contributed by atoms with van der Waals surface area (Å²) in [4.78, 5) is 29.1. The Morgan fingerprint density at radius 2 is 1.85 bits per heavy atom. The van der Waals surface area contributed by atoms with Gasteiger partial charge < -0.3 is 24.1 Å². The number of amides is 2. The molecule has 0 fully saturated rings. The number of aryl methyl sites for hydroxylation is 1. The number of ether oxygens (including phenoxy) is 2. The summed E-state index contributed by atoms with van der Waals surface area (Å²) >= 11 is 0. The highest BCUT2D eigenvalue weighted by Crippen LogP contribution is 2.48. The fraction of sp³-hybridized carbons (Fsp3) is 0.308. The van der Waals surface area contributed by atoms with Gasteiger partial charge in [0.15, 0.2) is 11.5 Å². The van der Waals surface area contributed by atoms with Gasteiger partial charge in [-0.25, -0.2) is 0 Å². The smallest absolute Gasteiger partial charge is 0.254 e. The van der Waals surface area contributed by atoms with Crippen LogP contribution in [0.25, 0.3) is 0 Å². The normalized spacial score (nSPS) is 18.8. The number of carbonyl (C=O) groups is 2. The lowest BCUT2D eigenvalue weighted by Gasteiger charge is -2.45. The molecule has 7 heteroatoms. The van der Waals surface area contributed by atoms with Crippen molar-refractivity contribution in [1.82, 2.24) is 10.2 Å². The molecule has 7 nitrogen and oxygen atoms in total. The fourth-order valence-corrected chi connectivity index (χ4v) is 5.00. The predicted octanol–water partition coefficient (Wildman–Crippen LogP) is 3.76. The summed E-state index contributed by atoms with van der Waals surface area (Å²) in [6, 6.07) is 14.8. The van der Waals surface area contributed by atoms with Gasteiger partial charge in [0.25, 0.3) is 5.91 Å². The maximum Gasteiger partial charge on any atom is 0.254 e. The third-order valence-corrected chi connectivity index (χ3v) is 6.54. The fourth-order valence-electron chi connectivity index (χ4n) is 5.00. The lowest BCUT2D eigenvalue weighted by Crippen LogP contribution is -2.50. The van der Waals surface area contributed by atoms with Crippen molar-refractivity contribution in [3.05, 3.63) is 82.3 Å². The number of nitrogens with one attached hydrogen (secondary N) is 1. The second kappa shape index (κ2) is 8.31. The van der Waals surface area contributed by atoms with Gasteiger partial charge in [-0.05, 0) is 54.3 Å². The second-order valence-corrected chi connectivity index (χ2v) is 8.39. The molecule has 0 spiro atoms. The van der Waals surface area contributed by atoms with Crippen LogP contribution in [-0.2, 0) is 17.8 Å². The Hall–Kier alpha value is -3.74. The van der Waals surface area contributed by atoms with Crippen molar-refractivity contribution in [2.24, 2.45) is 0 Å². The minimum atomic E-state index is -0.602. The van der Waals surface area contributed by atoms with Gasteiger partial charge in [-0.1, -0.05) is 24.3 Å². The molecule has 2 atom stereocenters. The maximum atomic E-state index is 13.7. The number of fused-ring (bicyclic) bond motifs is 4. The Morgan fingerprint density at radius 1 is 1.09 bits per heavy atom. The maximum absolute atomic E-state index is 13.7. The average molecular weight is 447 g/mol. The molecule has 0 radical (unpaired) electrons. The summed E-state index contributed by atoms with van der Waals surface area (Å²) in [5, 5.41) is 3.02. The molecule has 0 bridgehead atoms. The minimum Gasteiger partial charge on any atom is -0.493 e. The molecule has 0 aliphatic carbocycles. The van der Waals surface area contributed by atoms with Gasteiger partial charge in [0, 0.05) is 12.1 Å². The van der Waals surface area contributed by atoms with Crippen LogP contribution >= 0.6 is 0 Å². The quantitative estimate of drug-likeness (QED) is 0.646. The first-order chi connectivity index (χ1) is 16.0. The molecular weight excluding hydrogens is 420 g/mol. The van der Waals surface area contributed by atoms with Crippen LogP contribution in [0, 0.1) is 6.92 Å². The first-order valence-electron chi connectivity index (χ1n) is 11.0. The van der Waals surface area contributed by atoms with Crippen molar-refractivity contribution in [2.75, 3.05) is 20.8 Å². The standard InChI is InChI=1S/C26H26N2O5/c1-15-8-9-17(33-15)14-27-25(29)23-19-12-21(31-2)22(32-3)13-20(19)26(30)28-11-10-16-6-4-5-7-18(16)24(23)28/h4-9,12-13,23-24H,10-11,14H2,1-3H3,(H,27,29)/t23-,24-/m0/s1. The summed E-state index contributed by atoms with van der Waals surface area (Å²) in [6.07, 6.45) is 0.751. The molecule has 2 aromatic carbocycles. The zero-order valence-corrected chi connectivity index (χ0v) is 18.9. The van der Waals surface area contributed by atoms with Gasteiger partial charge in [-0.15, -0.1) is 0 Å². The number of carbonyl (C=O) groups excluding carboxylic acids is 2. The third-order valence-electron chi connectivity index (χ3n) is 6.54. The molecule has 2 aliphatic heterocycles. The van der Waals surface area contributed by atoms with Crippen LogP contribution in [0.15, 0.2) is 52.9 Å². The molecule has 3 aromatic rings. The Balaban J connectivity index is 1.62. The van der Waals surface area contributed by atoms with Gasteiger partial charge in [0.05, 0.1) is 32.7 Å². The highest BCUT2D eigenvalue weighted by molar-refractivity contribution is 6.02. The number of methoxy groups -OCH3 is 2. The molecule has 5 rings (SSSR count). The van der Waals surface area contributed by atoms with Crippen molar-refractivity contribution in [3.8, 4) is 11.5 Å². The summed E-state index contributed by atoms with van der Waals surface area (Å²) < 4.78 is 16.6. The summed E-state index contributed by atoms with van der Waals surface area (Å²) in [6.45, 7) is 2.69. The van der Waals surface area contributed by atoms with Crippen molar-refractivity contribution >= 4 is 11.8 Å². The largest absolute Gasteiger partial charge is 0.493 e. The lowest BCUT2D eigenvalue weighted by atomic mass is 9.75. The van der Waals surface area contributed by atoms with Crippen LogP contribution in [0.2, 0.25) is 0 Å². The van der Waals surface area contributed by atoms with E-state index in [0.717, 1.165) is 23.3 Å². The molecule has 0 saturated carbocycles. The molecule has 0 saturated heterocycles. The Kier molecular flexibility index (Phi) is 5.32. The molecule has 170 valence electrons. The van der Waals surface area contributed by atoms with Crippen LogP contribution in [0.5, 0.6) is 11.5 Å². The van der Waals surface area contributed by atoms with Crippen LogP contribution < -0.4 is 14.8 Å². The van der Waals surface area contributed by atoms with Crippen LogP contribution in [0.3, 0.4) is 0 Å². The third kappa shape index (κ3) is 3.53. The topological polar surface area (TPSA) is 81.0 Å². The van der Waals surface area contributed by atoms with E-state index in [0.29, 0.717) is 34.9 Å². The zero-order chi connectivity index (χ0) is 23.1. The van der Waals surface area contributed by atoms with Crippen molar-refractivity contribution < 1.29 is 23.5 Å². The van der Waals surface area contributed by atoms with E-state index in [9.17, 15) is 9.59 Å². The molecule has 1 N–H and O–H groups in total. The number of rotatable bonds is 5. The van der Waals surface area contributed by atoms with E-state index in [1.807, 2.05) is 42.2 Å². The van der Waals surface area contributed by atoms with E-state index in [2.05, 4.69) is 11.4 Å². The van der Waals surface area contributed by atoms with Gasteiger partial charge in [-0.2, -0.15) is 0 Å². The van der Waals surface area contributed by atoms with Crippen LogP contribution in [0.1, 0.15) is 50.5 Å². The van der Waals surface area contributed by atoms with E-state index >= 15 is 0 Å². The number of hydrogen-bond acceptors (Lipinski definition) is 5. The van der Waals surface area contributed by atoms with Gasteiger partial charge in [0.2, 0.25) is 5.91 Å². The molecule has 2 aliphatic rings. The summed E-state index contributed by atoms with van der Waals surface area (Å²) in [5.74, 6) is 1.55. The molecule has 1 aromatic heterocycles. The molecular formula is C26H26N2O5. The molecule has 3 heterocycles. The van der Waals surface area contributed by atoms with Gasteiger partial charge >= 0.3 is 0 Å². The van der Waals surface area contributed by atoms with Crippen LogP contribution in [-0.4, -0.2) is 37.5 Å². The van der Waals surface area contributed by atoms with Crippen molar-refractivity contribution in [3.63, 3.8) is 0 Å². The number of furan rings is 1. The lowest BCUT2D eigenvalue weighted by molar-refractivity contribution is -0.124. The summed E-state index contributed by atoms with van der Waals surface area (Å²) in [5.41, 5.74) is 3.28. The summed E-state index contributed by atoms with van der Waals surface area (Å²) in [7, 11) is 3.08. The van der Waals surface area contributed by atoms with E-state index in [1.54, 1.807) is 19.2 Å². The van der Waals surface area contributed by atoms with E-state index < -0.39 is 12.0 Å². The predicted molar refractivity (Wildman–Crippen MR) is 122 cm³/mol. The van der Waals surface area contributed by atoms with E-state index in [-0.39, 0.29) is 18.4 Å². The van der Waals surface area contributed by atoms with E-state index in [1.165, 1.54) is 7.11 Å². The monoisotopic (exact) mass is 446 g/mol. The molecule has 33 heavy (non-hydrogen) atoms. The first-order valence-corrected chi connectivity index (χ1v) is 11.0. The first kappa shape index (κ1) is 21.1. The number of hydrogen-bond donors (Lipinski definition) is 1. The number of benzene rings is 2. The highest BCUT2D eigenvalue weighted by atomic mass is 16.5. The van der Waals surface area contributed by atoms with Gasteiger partial charge in [-0.3, -0.25) is 9.59 Å². The van der Waals surface area contributed by atoms with Crippen LogP contribution in [0.4, 0.5) is 0 Å². The van der Waals surface area contributed by atoms with E-state index in [4.69, 9.17) is 13.9 Å². The highest BCUT2D eigenvalue weighted by Gasteiger charge is 2.46. The SMILES string of the molecule is COc1cc2c(cc1OC)[C@H](C(=O)NCc1ccc(C)o1)[C@@H]1c3ccccc3CCN1C2=O. The Bertz CT molecular complexity index is 1230. The zero-order valence-electron chi connectivity index (χ0n) is 18.9. The second-order valence-electron chi connectivity index (χ2n) is 8.39. The Morgan fingerprint density at radius 3 is 2.58 bits per heavy atom. The van der Waals surface area contributed by atoms with Gasteiger partial charge in [0.1, 0.15) is 11.5 Å². The molecule has 0 unspecified atom stereocenters. The van der Waals surface area contributed by atoms with Crippen molar-refractivity contribution in [1.29, 1.82) is 0 Å². The Labute approximate surface area is 192 Å². The number of nitrogens with zero attached hydrogens (tertiary/aromatic N) is 1.